The van der Waals surface area contributed by atoms with E-state index in [2.05, 4.69) is 10.1 Å². The molecule has 1 aromatic carbocycles. The molecule has 1 aromatic rings. The average molecular weight is 406 g/mol. The third kappa shape index (κ3) is 5.46. The van der Waals surface area contributed by atoms with Gasteiger partial charge in [0.05, 0.1) is 31.0 Å². The Morgan fingerprint density at radius 3 is 2.31 bits per heavy atom. The largest absolute Gasteiger partial charge is 0.465 e. The predicted octanol–water partition coefficient (Wildman–Crippen LogP) is 2.60. The predicted molar refractivity (Wildman–Crippen MR) is 104 cm³/mol. The molecule has 0 aromatic heterocycles. The van der Waals surface area contributed by atoms with Crippen LogP contribution in [-0.2, 0) is 19.0 Å². The fraction of sp³-hybridized carbons (Fsp3) is 0.500. The lowest BCUT2D eigenvalue weighted by atomic mass is 10.1. The van der Waals surface area contributed by atoms with Crippen molar-refractivity contribution >= 4 is 29.6 Å². The van der Waals surface area contributed by atoms with Crippen molar-refractivity contribution in [3.8, 4) is 0 Å². The van der Waals surface area contributed by atoms with Gasteiger partial charge in [0.2, 0.25) is 5.91 Å². The Labute approximate surface area is 169 Å². The summed E-state index contributed by atoms with van der Waals surface area (Å²) >= 11 is 0. The molecule has 2 rings (SSSR count). The molecular weight excluding hydrogens is 380 g/mol. The lowest BCUT2D eigenvalue weighted by Crippen LogP contribution is -2.45. The first-order valence-corrected chi connectivity index (χ1v) is 9.18. The summed E-state index contributed by atoms with van der Waals surface area (Å²) in [6.07, 6.45) is 0.519. The molecule has 0 bridgehead atoms. The molecular formula is C20H26N2O7. The van der Waals surface area contributed by atoms with Crippen LogP contribution in [0.4, 0.5) is 10.5 Å². The van der Waals surface area contributed by atoms with Gasteiger partial charge in [-0.3, -0.25) is 9.69 Å². The highest BCUT2D eigenvalue weighted by Crippen LogP contribution is 2.24. The van der Waals surface area contributed by atoms with E-state index in [9.17, 15) is 19.2 Å². The van der Waals surface area contributed by atoms with Crippen LogP contribution in [0.3, 0.4) is 0 Å². The number of likely N-dealkylation sites (tertiary alicyclic amines) is 1. The number of benzene rings is 1. The number of rotatable bonds is 4. The Morgan fingerprint density at radius 2 is 1.72 bits per heavy atom. The number of carbonyl (C=O) groups excluding carboxylic acids is 4. The van der Waals surface area contributed by atoms with Crippen molar-refractivity contribution in [3.63, 3.8) is 0 Å². The third-order valence-corrected chi connectivity index (χ3v) is 4.29. The van der Waals surface area contributed by atoms with Crippen LogP contribution in [0.5, 0.6) is 0 Å². The van der Waals surface area contributed by atoms with E-state index in [0.29, 0.717) is 19.4 Å². The molecule has 9 nitrogen and oxygen atoms in total. The highest BCUT2D eigenvalue weighted by molar-refractivity contribution is 6.05. The summed E-state index contributed by atoms with van der Waals surface area (Å²) in [6, 6.07) is 3.35. The summed E-state index contributed by atoms with van der Waals surface area (Å²) in [5.41, 5.74) is -0.352. The average Bonchev–Trinajstić information content (AvgIpc) is 3.15. The monoisotopic (exact) mass is 406 g/mol. The topological polar surface area (TPSA) is 111 Å². The summed E-state index contributed by atoms with van der Waals surface area (Å²) in [4.78, 5) is 50.5. The molecule has 2 amide bonds. The zero-order valence-electron chi connectivity index (χ0n) is 17.2. The maximum atomic E-state index is 12.9. The molecule has 0 saturated carbocycles. The number of ether oxygens (including phenoxy) is 3. The van der Waals surface area contributed by atoms with Gasteiger partial charge >= 0.3 is 18.0 Å². The lowest BCUT2D eigenvalue weighted by Gasteiger charge is -2.28. The number of hydrogen-bond acceptors (Lipinski definition) is 7. The molecule has 1 aliphatic rings. The Kier molecular flexibility index (Phi) is 6.84. The van der Waals surface area contributed by atoms with E-state index in [1.807, 2.05) is 0 Å². The van der Waals surface area contributed by atoms with E-state index in [0.717, 1.165) is 0 Å². The van der Waals surface area contributed by atoms with Crippen LogP contribution in [0.15, 0.2) is 18.2 Å². The van der Waals surface area contributed by atoms with E-state index in [-0.39, 0.29) is 16.8 Å². The molecule has 9 heteroatoms. The molecule has 158 valence electrons. The number of nitrogens with zero attached hydrogens (tertiary/aromatic N) is 1. The van der Waals surface area contributed by atoms with Crippen molar-refractivity contribution in [2.24, 2.45) is 0 Å². The summed E-state index contributed by atoms with van der Waals surface area (Å²) in [5.74, 6) is -1.78. The molecule has 0 spiro atoms. The first-order valence-electron chi connectivity index (χ1n) is 9.18. The van der Waals surface area contributed by atoms with Crippen molar-refractivity contribution in [1.82, 2.24) is 4.90 Å². The number of carbonyl (C=O) groups is 4. The molecule has 0 aliphatic carbocycles. The van der Waals surface area contributed by atoms with Crippen LogP contribution in [0, 0.1) is 0 Å². The van der Waals surface area contributed by atoms with Gasteiger partial charge in [-0.1, -0.05) is 0 Å². The first-order chi connectivity index (χ1) is 13.6. The van der Waals surface area contributed by atoms with Gasteiger partial charge in [-0.2, -0.15) is 0 Å². The number of esters is 2. The minimum atomic E-state index is -0.753. The quantitative estimate of drug-likeness (QED) is 0.604. The van der Waals surface area contributed by atoms with Gasteiger partial charge in [-0.05, 0) is 51.8 Å². The number of anilines is 1. The summed E-state index contributed by atoms with van der Waals surface area (Å²) < 4.78 is 14.8. The fourth-order valence-corrected chi connectivity index (χ4v) is 2.97. The smallest absolute Gasteiger partial charge is 0.410 e. The molecule has 1 heterocycles. The SMILES string of the molecule is COC(=O)c1ccc(C(=O)OC)c(NC(=O)[C@@H]2CCCN2C(=O)OC(C)(C)C)c1. The van der Waals surface area contributed by atoms with E-state index >= 15 is 0 Å². The molecule has 1 saturated heterocycles. The molecule has 29 heavy (non-hydrogen) atoms. The van der Waals surface area contributed by atoms with Gasteiger partial charge in [0, 0.05) is 6.54 Å². The van der Waals surface area contributed by atoms with Gasteiger partial charge in [-0.15, -0.1) is 0 Å². The Balaban J connectivity index is 2.27. The molecule has 0 unspecified atom stereocenters. The number of methoxy groups -OCH3 is 2. The lowest BCUT2D eigenvalue weighted by molar-refractivity contribution is -0.120. The maximum Gasteiger partial charge on any atom is 0.410 e. The van der Waals surface area contributed by atoms with Crippen molar-refractivity contribution in [2.45, 2.75) is 45.3 Å². The second-order valence-corrected chi connectivity index (χ2v) is 7.56. The normalized spacial score (nSPS) is 16.2. The van der Waals surface area contributed by atoms with Gasteiger partial charge in [0.15, 0.2) is 0 Å². The van der Waals surface area contributed by atoms with Crippen LogP contribution in [0.25, 0.3) is 0 Å². The van der Waals surface area contributed by atoms with E-state index in [1.165, 1.54) is 37.3 Å². The molecule has 0 radical (unpaired) electrons. The van der Waals surface area contributed by atoms with E-state index in [1.54, 1.807) is 20.8 Å². The minimum absolute atomic E-state index is 0.0790. The van der Waals surface area contributed by atoms with Crippen molar-refractivity contribution in [2.75, 3.05) is 26.1 Å². The fourth-order valence-electron chi connectivity index (χ4n) is 2.97. The third-order valence-electron chi connectivity index (χ3n) is 4.29. The Bertz CT molecular complexity index is 814. The molecule has 1 atom stereocenters. The van der Waals surface area contributed by atoms with Crippen LogP contribution in [0.2, 0.25) is 0 Å². The van der Waals surface area contributed by atoms with E-state index < -0.39 is 35.6 Å². The summed E-state index contributed by atoms with van der Waals surface area (Å²) in [7, 11) is 2.44. The van der Waals surface area contributed by atoms with Gasteiger partial charge in [0.25, 0.3) is 0 Å². The number of nitrogens with one attached hydrogen (secondary N) is 1. The molecule has 1 N–H and O–H groups in total. The zero-order valence-corrected chi connectivity index (χ0v) is 17.2. The highest BCUT2D eigenvalue weighted by atomic mass is 16.6. The number of amides is 2. The highest BCUT2D eigenvalue weighted by Gasteiger charge is 2.37. The minimum Gasteiger partial charge on any atom is -0.465 e. The second-order valence-electron chi connectivity index (χ2n) is 7.56. The summed E-state index contributed by atoms with van der Waals surface area (Å²) in [6.45, 7) is 5.63. The second kappa shape index (κ2) is 8.93. The van der Waals surface area contributed by atoms with Crippen LogP contribution in [0.1, 0.15) is 54.3 Å². The first kappa shape index (κ1) is 22.2. The zero-order chi connectivity index (χ0) is 21.8. The number of hydrogen-bond donors (Lipinski definition) is 1. The molecule has 1 fully saturated rings. The standard InChI is InChI=1S/C20H26N2O7/c1-20(2,3)29-19(26)22-10-6-7-15(22)16(23)21-14-11-12(17(24)27-4)8-9-13(14)18(25)28-5/h8-9,11,15H,6-7,10H2,1-5H3,(H,21,23)/t15-/m0/s1. The van der Waals surface area contributed by atoms with Crippen molar-refractivity contribution in [1.29, 1.82) is 0 Å². The van der Waals surface area contributed by atoms with Gasteiger partial charge in [-0.25, -0.2) is 14.4 Å². The Morgan fingerprint density at radius 1 is 1.07 bits per heavy atom. The van der Waals surface area contributed by atoms with Crippen LogP contribution in [-0.4, -0.2) is 61.2 Å². The molecule has 1 aliphatic heterocycles. The van der Waals surface area contributed by atoms with Crippen molar-refractivity contribution < 1.29 is 33.4 Å². The van der Waals surface area contributed by atoms with Crippen LogP contribution < -0.4 is 5.32 Å². The van der Waals surface area contributed by atoms with Crippen LogP contribution >= 0.6 is 0 Å². The van der Waals surface area contributed by atoms with Gasteiger partial charge < -0.3 is 19.5 Å². The van der Waals surface area contributed by atoms with E-state index in [4.69, 9.17) is 9.47 Å². The summed E-state index contributed by atoms with van der Waals surface area (Å²) in [5, 5.41) is 2.64. The van der Waals surface area contributed by atoms with Crippen molar-refractivity contribution in [3.05, 3.63) is 29.3 Å². The Hall–Kier alpha value is -3.10. The van der Waals surface area contributed by atoms with Gasteiger partial charge in [0.1, 0.15) is 11.6 Å². The maximum absolute atomic E-state index is 12.9.